The first-order valence-corrected chi connectivity index (χ1v) is 13.8. The molecule has 2 unspecified atom stereocenters. The minimum Gasteiger partial charge on any atom is -0.368 e. The van der Waals surface area contributed by atoms with Gasteiger partial charge in [0.1, 0.15) is 17.6 Å². The van der Waals surface area contributed by atoms with Crippen LogP contribution in [0.1, 0.15) is 54.3 Å². The van der Waals surface area contributed by atoms with Gasteiger partial charge in [-0.25, -0.2) is 19.9 Å². The van der Waals surface area contributed by atoms with Crippen molar-refractivity contribution in [3.05, 3.63) is 53.9 Å². The maximum Gasteiger partial charge on any atom is 0.408 e. The fourth-order valence-electron chi connectivity index (χ4n) is 5.23. The average Bonchev–Trinajstić information content (AvgIpc) is 3.57. The van der Waals surface area contributed by atoms with E-state index in [-0.39, 0.29) is 22.3 Å². The predicted octanol–water partition coefficient (Wildman–Crippen LogP) is 5.30. The molecular weight excluding hydrogens is 529 g/mol. The van der Waals surface area contributed by atoms with Crippen molar-refractivity contribution in [2.75, 3.05) is 23.3 Å². The number of halogens is 3. The van der Waals surface area contributed by atoms with Crippen molar-refractivity contribution in [2.45, 2.75) is 44.3 Å². The van der Waals surface area contributed by atoms with E-state index >= 15 is 0 Å². The highest BCUT2D eigenvalue weighted by molar-refractivity contribution is 7.13. The summed E-state index contributed by atoms with van der Waals surface area (Å²) in [6.45, 7) is 3.03. The van der Waals surface area contributed by atoms with E-state index in [0.717, 1.165) is 77.7 Å². The third kappa shape index (κ3) is 4.58. The number of piperidine rings is 1. The van der Waals surface area contributed by atoms with Gasteiger partial charge in [-0.15, -0.1) is 11.3 Å². The van der Waals surface area contributed by atoms with Crippen LogP contribution >= 0.6 is 11.3 Å². The van der Waals surface area contributed by atoms with Crippen molar-refractivity contribution in [3.8, 4) is 16.5 Å². The van der Waals surface area contributed by atoms with E-state index in [2.05, 4.69) is 30.2 Å². The lowest BCUT2D eigenvalue weighted by Crippen LogP contribution is -2.24. The van der Waals surface area contributed by atoms with Crippen LogP contribution in [-0.2, 0) is 0 Å². The molecule has 0 radical (unpaired) electrons. The first-order valence-electron chi connectivity index (χ1n) is 12.9. The Bertz CT molecular complexity index is 1540. The number of nitrogens with zero attached hydrogens (tertiary/aromatic N) is 7. The number of rotatable bonds is 7. The number of fused-ring (bicyclic) bond motifs is 1. The molecule has 2 saturated carbocycles. The second-order valence-electron chi connectivity index (χ2n) is 10.6. The van der Waals surface area contributed by atoms with E-state index in [1.54, 1.807) is 24.0 Å². The molecule has 1 saturated heterocycles. The number of carbonyl (C=O) groups is 1. The third-order valence-corrected chi connectivity index (χ3v) is 8.63. The summed E-state index contributed by atoms with van der Waals surface area (Å²) >= 11 is 1.11. The van der Waals surface area contributed by atoms with E-state index in [4.69, 9.17) is 0 Å². The van der Waals surface area contributed by atoms with Gasteiger partial charge >= 0.3 is 6.18 Å². The van der Waals surface area contributed by atoms with Crippen molar-refractivity contribution in [2.24, 2.45) is 11.8 Å². The van der Waals surface area contributed by atoms with Gasteiger partial charge < -0.3 is 19.4 Å². The minimum atomic E-state index is -4.43. The van der Waals surface area contributed by atoms with E-state index in [1.165, 1.54) is 18.8 Å². The lowest BCUT2D eigenvalue weighted by atomic mass is 10.2. The van der Waals surface area contributed by atoms with Gasteiger partial charge in [0.15, 0.2) is 10.8 Å². The fraction of sp³-hybridized carbons (Fsp3) is 0.423. The molecule has 13 heteroatoms. The second kappa shape index (κ2) is 8.90. The molecule has 5 heterocycles. The number of pyridine rings is 1. The van der Waals surface area contributed by atoms with Crippen LogP contribution in [0.3, 0.4) is 0 Å². The Balaban J connectivity index is 1.14. The van der Waals surface area contributed by atoms with Crippen LogP contribution in [0, 0.1) is 11.8 Å². The highest BCUT2D eigenvalue weighted by Crippen LogP contribution is 2.47. The molecule has 4 aromatic rings. The molecule has 0 spiro atoms. The molecule has 202 valence electrons. The summed E-state index contributed by atoms with van der Waals surface area (Å²) in [5.41, 5.74) is 3.08. The number of anilines is 2. The third-order valence-electron chi connectivity index (χ3n) is 7.79. The van der Waals surface area contributed by atoms with Gasteiger partial charge in [-0.05, 0) is 44.1 Å². The molecule has 4 aromatic heterocycles. The molecule has 1 amide bonds. The first-order chi connectivity index (χ1) is 18.7. The summed E-state index contributed by atoms with van der Waals surface area (Å²) in [5, 5.41) is 4.58. The van der Waals surface area contributed by atoms with E-state index in [1.807, 2.05) is 10.8 Å². The summed E-state index contributed by atoms with van der Waals surface area (Å²) < 4.78 is 42.8. The first kappa shape index (κ1) is 24.3. The summed E-state index contributed by atoms with van der Waals surface area (Å²) in [5.74, 6) is 1.83. The van der Waals surface area contributed by atoms with E-state index < -0.39 is 18.1 Å². The summed E-state index contributed by atoms with van der Waals surface area (Å²) in [4.78, 5) is 33.0. The van der Waals surface area contributed by atoms with E-state index in [9.17, 15) is 18.0 Å². The predicted molar refractivity (Wildman–Crippen MR) is 139 cm³/mol. The smallest absolute Gasteiger partial charge is 0.368 e. The molecular formula is C26H25F3N8OS. The number of amides is 1. The fourth-order valence-corrected chi connectivity index (χ4v) is 5.98. The van der Waals surface area contributed by atoms with Crippen LogP contribution in [0.2, 0.25) is 0 Å². The Kier molecular flexibility index (Phi) is 5.55. The molecule has 0 aromatic carbocycles. The van der Waals surface area contributed by atoms with Gasteiger partial charge in [0.2, 0.25) is 0 Å². The number of carbonyl (C=O) groups excluding carboxylic acids is 1. The summed E-state index contributed by atoms with van der Waals surface area (Å²) in [7, 11) is 0. The number of hydrogen-bond donors (Lipinski definition) is 1. The SMILES string of the molecule is C[C@H](n1ccnc1-c1nc(NC(=O)c2cc(-n3cnc(C4CC4)c3)c(N3CC4CC4C3)cn2)cs1)C(F)(F)F. The lowest BCUT2D eigenvalue weighted by Gasteiger charge is -2.23. The number of alkyl halides is 3. The highest BCUT2D eigenvalue weighted by atomic mass is 32.1. The monoisotopic (exact) mass is 554 g/mol. The lowest BCUT2D eigenvalue weighted by molar-refractivity contribution is -0.162. The maximum atomic E-state index is 13.3. The standard InChI is InChI=1S/C26H25F3N8OS/c1-14(26(27,28)29)37-5-4-30-23(37)25-34-22(12-39-25)33-24(38)18-7-20(36-11-19(32-13-36)15-2-3-15)21(8-31-18)35-9-16-6-17(16)10-35/h4-5,7-8,11-17H,2-3,6,9-10H2,1H3,(H,33,38)/t14-,16?,17?/m0/s1. The normalized spacial score (nSPS) is 21.2. The highest BCUT2D eigenvalue weighted by Gasteiger charge is 2.45. The van der Waals surface area contributed by atoms with Crippen LogP contribution < -0.4 is 10.2 Å². The Morgan fingerprint density at radius 1 is 1.15 bits per heavy atom. The zero-order valence-electron chi connectivity index (χ0n) is 21.0. The molecule has 9 nitrogen and oxygen atoms in total. The zero-order chi connectivity index (χ0) is 26.9. The molecule has 0 bridgehead atoms. The Labute approximate surface area is 225 Å². The number of nitrogens with one attached hydrogen (secondary N) is 1. The molecule has 3 fully saturated rings. The van der Waals surface area contributed by atoms with Crippen LogP contribution in [0.25, 0.3) is 16.5 Å². The number of hydrogen-bond acceptors (Lipinski definition) is 7. The number of aromatic nitrogens is 6. The Morgan fingerprint density at radius 2 is 1.95 bits per heavy atom. The zero-order valence-corrected chi connectivity index (χ0v) is 21.8. The molecule has 39 heavy (non-hydrogen) atoms. The van der Waals surface area contributed by atoms with Crippen molar-refractivity contribution < 1.29 is 18.0 Å². The number of imidazole rings is 2. The maximum absolute atomic E-state index is 13.3. The topological polar surface area (TPSA) is 93.8 Å². The van der Waals surface area contributed by atoms with Crippen molar-refractivity contribution >= 4 is 28.7 Å². The van der Waals surface area contributed by atoms with Crippen LogP contribution in [0.15, 0.2) is 42.6 Å². The Hall–Kier alpha value is -3.74. The van der Waals surface area contributed by atoms with Crippen LogP contribution in [0.4, 0.5) is 24.7 Å². The van der Waals surface area contributed by atoms with Crippen molar-refractivity contribution in [3.63, 3.8) is 0 Å². The minimum absolute atomic E-state index is 0.0883. The average molecular weight is 555 g/mol. The van der Waals surface area contributed by atoms with Gasteiger partial charge in [0.05, 0.1) is 29.6 Å². The second-order valence-corrected chi connectivity index (χ2v) is 11.4. The summed E-state index contributed by atoms with van der Waals surface area (Å²) in [6.07, 6.45) is 7.29. The van der Waals surface area contributed by atoms with E-state index in [0.29, 0.717) is 5.92 Å². The van der Waals surface area contributed by atoms with Crippen molar-refractivity contribution in [1.29, 1.82) is 0 Å². The summed E-state index contributed by atoms with van der Waals surface area (Å²) in [6, 6.07) is 0.000931. The molecule has 3 aliphatic rings. The molecule has 3 atom stereocenters. The van der Waals surface area contributed by atoms with Gasteiger partial charge in [0.25, 0.3) is 5.91 Å². The van der Waals surface area contributed by atoms with Crippen molar-refractivity contribution in [1.82, 2.24) is 29.1 Å². The van der Waals surface area contributed by atoms with Crippen LogP contribution in [0.5, 0.6) is 0 Å². The van der Waals surface area contributed by atoms with Gasteiger partial charge in [-0.3, -0.25) is 4.79 Å². The largest absolute Gasteiger partial charge is 0.408 e. The molecule has 1 N–H and O–H groups in total. The van der Waals surface area contributed by atoms with Gasteiger partial charge in [-0.2, -0.15) is 13.2 Å². The Morgan fingerprint density at radius 3 is 2.69 bits per heavy atom. The quantitative estimate of drug-likeness (QED) is 0.334. The molecule has 1 aliphatic heterocycles. The van der Waals surface area contributed by atoms with Gasteiger partial charge in [0, 0.05) is 43.0 Å². The number of thiazole rings is 1. The molecule has 7 rings (SSSR count). The van der Waals surface area contributed by atoms with Gasteiger partial charge in [-0.1, -0.05) is 0 Å². The van der Waals surface area contributed by atoms with Crippen LogP contribution in [-0.4, -0.2) is 54.2 Å². The molecule has 2 aliphatic carbocycles.